The molecule has 2 fully saturated rings. The molecular weight excluding hydrogens is 569 g/mol. The van der Waals surface area contributed by atoms with Crippen LogP contribution in [0.15, 0.2) is 42.6 Å². The van der Waals surface area contributed by atoms with Crippen LogP contribution in [0.3, 0.4) is 0 Å². The highest BCUT2D eigenvalue weighted by Crippen LogP contribution is 2.43. The van der Waals surface area contributed by atoms with Gasteiger partial charge >= 0.3 is 5.97 Å². The van der Waals surface area contributed by atoms with Crippen molar-refractivity contribution in [1.29, 1.82) is 0 Å². The van der Waals surface area contributed by atoms with Gasteiger partial charge in [-0.05, 0) is 95.3 Å². The molecule has 1 amide bonds. The molecule has 8 nitrogen and oxygen atoms in total. The number of aryl methyl sites for hydroxylation is 2. The van der Waals surface area contributed by atoms with Gasteiger partial charge in [0, 0.05) is 42.3 Å². The van der Waals surface area contributed by atoms with Crippen LogP contribution in [0.2, 0.25) is 5.02 Å². The standard InChI is InChI=1S/C33H35ClFN5O3/c1-19-15-27(36-20(2)28(19)31(42)43)38-13-14-39(32(3,4)18-38)30(41)26-10-8-22-23(21-7-9-24(34)25(35)16-21)17-40(29(22)37-26)33(5)11-6-12-33/h7-10,15-17H,6,11-14,18H2,1-5H3,(H,42,43). The molecule has 0 spiro atoms. The summed E-state index contributed by atoms with van der Waals surface area (Å²) in [6, 6.07) is 10.3. The number of halogens is 2. The molecule has 224 valence electrons. The highest BCUT2D eigenvalue weighted by molar-refractivity contribution is 6.30. The minimum atomic E-state index is -0.987. The fraction of sp³-hybridized carbons (Fsp3) is 0.394. The number of rotatable bonds is 5. The number of carboxylic acid groups (broad SMARTS) is 1. The number of aromatic carboxylic acids is 1. The third kappa shape index (κ3) is 4.93. The topological polar surface area (TPSA) is 91.6 Å². The van der Waals surface area contributed by atoms with E-state index < -0.39 is 17.3 Å². The van der Waals surface area contributed by atoms with Gasteiger partial charge < -0.3 is 19.5 Å². The van der Waals surface area contributed by atoms with E-state index in [1.807, 2.05) is 37.1 Å². The van der Waals surface area contributed by atoms with Crippen molar-refractivity contribution in [2.75, 3.05) is 24.5 Å². The number of carbonyl (C=O) groups excluding carboxylic acids is 1. The molecule has 4 heterocycles. The monoisotopic (exact) mass is 603 g/mol. The number of pyridine rings is 2. The second-order valence-corrected chi connectivity index (χ2v) is 13.1. The summed E-state index contributed by atoms with van der Waals surface area (Å²) >= 11 is 5.96. The number of piperazine rings is 1. The van der Waals surface area contributed by atoms with Crippen LogP contribution >= 0.6 is 11.6 Å². The van der Waals surface area contributed by atoms with Crippen LogP contribution < -0.4 is 4.90 Å². The molecule has 3 aromatic heterocycles. The van der Waals surface area contributed by atoms with Crippen LogP contribution in [0.5, 0.6) is 0 Å². The number of carboxylic acids is 1. The molecule has 1 aliphatic carbocycles. The molecule has 1 N–H and O–H groups in total. The third-order valence-electron chi connectivity index (χ3n) is 9.18. The number of amides is 1. The first kappa shape index (κ1) is 29.1. The maximum Gasteiger partial charge on any atom is 0.337 e. The summed E-state index contributed by atoms with van der Waals surface area (Å²) < 4.78 is 16.6. The van der Waals surface area contributed by atoms with E-state index in [0.717, 1.165) is 30.2 Å². The van der Waals surface area contributed by atoms with Gasteiger partial charge in [0.2, 0.25) is 0 Å². The molecule has 6 rings (SSSR count). The number of hydrogen-bond acceptors (Lipinski definition) is 5. The van der Waals surface area contributed by atoms with E-state index in [4.69, 9.17) is 16.6 Å². The van der Waals surface area contributed by atoms with Gasteiger partial charge in [0.25, 0.3) is 5.91 Å². The SMILES string of the molecule is Cc1cc(N2CCN(C(=O)c3ccc4c(-c5ccc(Cl)c(F)c5)cn(C5(C)CCC5)c4n3)C(C)(C)C2)nc(C)c1C(=O)O. The fourth-order valence-corrected chi connectivity index (χ4v) is 6.73. The van der Waals surface area contributed by atoms with Crippen LogP contribution in [-0.4, -0.2) is 61.6 Å². The summed E-state index contributed by atoms with van der Waals surface area (Å²) in [7, 11) is 0. The summed E-state index contributed by atoms with van der Waals surface area (Å²) in [5, 5.41) is 10.5. The van der Waals surface area contributed by atoms with E-state index in [1.165, 1.54) is 6.07 Å². The molecule has 0 unspecified atom stereocenters. The molecule has 0 radical (unpaired) electrons. The summed E-state index contributed by atoms with van der Waals surface area (Å²) in [5.74, 6) is -0.912. The Balaban J connectivity index is 1.32. The minimum Gasteiger partial charge on any atom is -0.478 e. The highest BCUT2D eigenvalue weighted by Gasteiger charge is 2.39. The van der Waals surface area contributed by atoms with Crippen molar-refractivity contribution < 1.29 is 19.1 Å². The van der Waals surface area contributed by atoms with Crippen molar-refractivity contribution in [2.24, 2.45) is 0 Å². The summed E-state index contributed by atoms with van der Waals surface area (Å²) in [6.07, 6.45) is 5.15. The lowest BCUT2D eigenvalue weighted by molar-refractivity contribution is 0.0507. The quantitative estimate of drug-likeness (QED) is 0.268. The Morgan fingerprint density at radius 2 is 1.77 bits per heavy atom. The number of fused-ring (bicyclic) bond motifs is 1. The summed E-state index contributed by atoms with van der Waals surface area (Å²) in [4.78, 5) is 39.2. The van der Waals surface area contributed by atoms with E-state index in [2.05, 4.69) is 21.4 Å². The third-order valence-corrected chi connectivity index (χ3v) is 9.49. The number of nitrogens with zero attached hydrogens (tertiary/aromatic N) is 5. The fourth-order valence-electron chi connectivity index (χ4n) is 6.62. The van der Waals surface area contributed by atoms with Gasteiger partial charge in [-0.25, -0.2) is 19.2 Å². The minimum absolute atomic E-state index is 0.0745. The zero-order valence-electron chi connectivity index (χ0n) is 25.0. The molecule has 1 aliphatic heterocycles. The van der Waals surface area contributed by atoms with Crippen LogP contribution in [0.4, 0.5) is 10.2 Å². The smallest absolute Gasteiger partial charge is 0.337 e. The van der Waals surface area contributed by atoms with Gasteiger partial charge in [-0.1, -0.05) is 17.7 Å². The van der Waals surface area contributed by atoms with E-state index in [0.29, 0.717) is 53.6 Å². The highest BCUT2D eigenvalue weighted by atomic mass is 35.5. The Hall–Kier alpha value is -3.98. The van der Waals surface area contributed by atoms with Crippen LogP contribution in [0.25, 0.3) is 22.2 Å². The van der Waals surface area contributed by atoms with Gasteiger partial charge in [-0.3, -0.25) is 4.79 Å². The van der Waals surface area contributed by atoms with Gasteiger partial charge in [0.05, 0.1) is 21.8 Å². The lowest BCUT2D eigenvalue weighted by Gasteiger charge is -2.47. The first-order valence-corrected chi connectivity index (χ1v) is 14.9. The Bertz CT molecular complexity index is 1770. The van der Waals surface area contributed by atoms with Gasteiger partial charge in [-0.2, -0.15) is 0 Å². The number of carbonyl (C=O) groups is 2. The Morgan fingerprint density at radius 1 is 1.02 bits per heavy atom. The Kier molecular flexibility index (Phi) is 6.99. The number of benzene rings is 1. The molecular formula is C33H35ClFN5O3. The van der Waals surface area contributed by atoms with Crippen molar-refractivity contribution in [3.05, 3.63) is 75.9 Å². The van der Waals surface area contributed by atoms with E-state index in [9.17, 15) is 19.1 Å². The predicted octanol–water partition coefficient (Wildman–Crippen LogP) is 6.85. The molecule has 43 heavy (non-hydrogen) atoms. The maximum atomic E-state index is 14.4. The van der Waals surface area contributed by atoms with Crippen LogP contribution in [-0.2, 0) is 5.54 Å². The zero-order valence-corrected chi connectivity index (χ0v) is 25.8. The Morgan fingerprint density at radius 3 is 2.37 bits per heavy atom. The predicted molar refractivity (Wildman–Crippen MR) is 166 cm³/mol. The molecule has 4 aromatic rings. The lowest BCUT2D eigenvalue weighted by atomic mass is 9.78. The van der Waals surface area contributed by atoms with Gasteiger partial charge in [0.15, 0.2) is 0 Å². The average Bonchev–Trinajstić information content (AvgIpc) is 3.31. The van der Waals surface area contributed by atoms with E-state index in [-0.39, 0.29) is 22.0 Å². The van der Waals surface area contributed by atoms with Crippen LogP contribution in [0, 0.1) is 19.7 Å². The van der Waals surface area contributed by atoms with Crippen molar-refractivity contribution in [3.8, 4) is 11.1 Å². The molecule has 1 aromatic carbocycles. The normalized spacial score (nSPS) is 17.7. The number of aromatic nitrogens is 3. The first-order valence-electron chi connectivity index (χ1n) is 14.6. The molecule has 10 heteroatoms. The average molecular weight is 604 g/mol. The Labute approximate surface area is 255 Å². The molecule has 0 bridgehead atoms. The van der Waals surface area contributed by atoms with Crippen molar-refractivity contribution in [2.45, 2.75) is 65.0 Å². The second kappa shape index (κ2) is 10.3. The maximum absolute atomic E-state index is 14.4. The number of hydrogen-bond donors (Lipinski definition) is 1. The molecule has 1 saturated carbocycles. The zero-order chi connectivity index (χ0) is 30.8. The van der Waals surface area contributed by atoms with Gasteiger partial charge in [0.1, 0.15) is 23.0 Å². The van der Waals surface area contributed by atoms with Crippen molar-refractivity contribution in [1.82, 2.24) is 19.4 Å². The van der Waals surface area contributed by atoms with E-state index in [1.54, 1.807) is 32.0 Å². The molecule has 2 aliphatic rings. The molecule has 1 saturated heterocycles. The summed E-state index contributed by atoms with van der Waals surface area (Å²) in [6.45, 7) is 11.3. The second-order valence-electron chi connectivity index (χ2n) is 12.7. The van der Waals surface area contributed by atoms with Crippen LogP contribution in [0.1, 0.15) is 72.1 Å². The largest absolute Gasteiger partial charge is 0.478 e. The lowest BCUT2D eigenvalue weighted by Crippen LogP contribution is -2.61. The van der Waals surface area contributed by atoms with Crippen molar-refractivity contribution in [3.63, 3.8) is 0 Å². The van der Waals surface area contributed by atoms with E-state index >= 15 is 0 Å². The molecule has 0 atom stereocenters. The van der Waals surface area contributed by atoms with Crippen molar-refractivity contribution >= 4 is 40.3 Å². The summed E-state index contributed by atoms with van der Waals surface area (Å²) in [5.41, 5.74) is 3.32. The van der Waals surface area contributed by atoms with Gasteiger partial charge in [-0.15, -0.1) is 0 Å². The first-order chi connectivity index (χ1) is 20.3. The number of anilines is 1.